The summed E-state index contributed by atoms with van der Waals surface area (Å²) in [6, 6.07) is 6.02. The average Bonchev–Trinajstić information content (AvgIpc) is 2.23. The van der Waals surface area contributed by atoms with Gasteiger partial charge < -0.3 is 10.5 Å². The Labute approximate surface area is 104 Å². The van der Waals surface area contributed by atoms with E-state index in [2.05, 4.69) is 22.0 Å². The molecule has 0 heterocycles. The van der Waals surface area contributed by atoms with Crippen LogP contribution >= 0.6 is 15.9 Å². The Morgan fingerprint density at radius 1 is 1.56 bits per heavy atom. The van der Waals surface area contributed by atoms with Crippen molar-refractivity contribution < 1.29 is 4.74 Å². The van der Waals surface area contributed by atoms with Crippen LogP contribution in [0.15, 0.2) is 16.6 Å². The smallest absolute Gasteiger partial charge is 0.181 e. The fraction of sp³-hybridized carbons (Fsp3) is 0.417. The Balaban J connectivity index is 3.09. The Bertz CT molecular complexity index is 412. The minimum Gasteiger partial charge on any atom is -0.475 e. The highest BCUT2D eigenvalue weighted by atomic mass is 79.9. The van der Waals surface area contributed by atoms with Crippen LogP contribution in [0.5, 0.6) is 5.75 Å². The van der Waals surface area contributed by atoms with Gasteiger partial charge in [0.2, 0.25) is 0 Å². The number of nitrogens with zero attached hydrogens (tertiary/aromatic N) is 1. The van der Waals surface area contributed by atoms with Gasteiger partial charge in [-0.3, -0.25) is 0 Å². The zero-order valence-electron chi connectivity index (χ0n) is 9.46. The molecule has 86 valence electrons. The summed E-state index contributed by atoms with van der Waals surface area (Å²) >= 11 is 3.44. The molecule has 0 aliphatic rings. The normalized spacial score (nSPS) is 11.9. The molecule has 3 nitrogen and oxygen atoms in total. The van der Waals surface area contributed by atoms with Gasteiger partial charge in [-0.1, -0.05) is 15.9 Å². The van der Waals surface area contributed by atoms with E-state index in [1.807, 2.05) is 19.1 Å². The molecule has 0 saturated heterocycles. The fourth-order valence-corrected chi connectivity index (χ4v) is 2.13. The second-order valence-corrected chi connectivity index (χ2v) is 4.55. The Hall–Kier alpha value is -1.05. The van der Waals surface area contributed by atoms with Gasteiger partial charge in [-0.05, 0) is 50.1 Å². The highest BCUT2D eigenvalue weighted by Gasteiger charge is 2.11. The number of nitrogens with two attached hydrogens (primary N) is 1. The van der Waals surface area contributed by atoms with Crippen LogP contribution in [0.1, 0.15) is 18.1 Å². The number of aryl methyl sites for hydroxylation is 1. The lowest BCUT2D eigenvalue weighted by Crippen LogP contribution is -2.12. The van der Waals surface area contributed by atoms with Gasteiger partial charge in [0, 0.05) is 4.47 Å². The highest BCUT2D eigenvalue weighted by molar-refractivity contribution is 9.10. The first-order valence-corrected chi connectivity index (χ1v) is 5.93. The van der Waals surface area contributed by atoms with Gasteiger partial charge in [-0.25, -0.2) is 0 Å². The quantitative estimate of drug-likeness (QED) is 0.923. The monoisotopic (exact) mass is 282 g/mol. The standard InChI is InChI=1S/C12H15BrN2O/c1-8-5-11(13)6-10(3-4-14)12(8)16-9(2)7-15/h5-6,9H,3-4,14H2,1-2H3. The van der Waals surface area contributed by atoms with Crippen molar-refractivity contribution in [3.8, 4) is 11.8 Å². The molecule has 0 amide bonds. The maximum atomic E-state index is 8.75. The van der Waals surface area contributed by atoms with E-state index in [-0.39, 0.29) is 0 Å². The number of ether oxygens (including phenoxy) is 1. The van der Waals surface area contributed by atoms with Crippen molar-refractivity contribution in [3.63, 3.8) is 0 Å². The molecule has 2 N–H and O–H groups in total. The summed E-state index contributed by atoms with van der Waals surface area (Å²) in [5, 5.41) is 8.75. The lowest BCUT2D eigenvalue weighted by Gasteiger charge is -2.15. The molecule has 0 aliphatic carbocycles. The van der Waals surface area contributed by atoms with Crippen LogP contribution in [-0.4, -0.2) is 12.6 Å². The van der Waals surface area contributed by atoms with Crippen LogP contribution < -0.4 is 10.5 Å². The summed E-state index contributed by atoms with van der Waals surface area (Å²) in [5.41, 5.74) is 7.61. The van der Waals surface area contributed by atoms with Crippen molar-refractivity contribution in [3.05, 3.63) is 27.7 Å². The molecular weight excluding hydrogens is 268 g/mol. The molecule has 4 heteroatoms. The number of halogens is 1. The third kappa shape index (κ3) is 3.22. The van der Waals surface area contributed by atoms with Gasteiger partial charge in [0.1, 0.15) is 11.8 Å². The van der Waals surface area contributed by atoms with Crippen LogP contribution in [0.4, 0.5) is 0 Å². The topological polar surface area (TPSA) is 59.0 Å². The predicted molar refractivity (Wildman–Crippen MR) is 67.3 cm³/mol. The third-order valence-corrected chi connectivity index (χ3v) is 2.66. The summed E-state index contributed by atoms with van der Waals surface area (Å²) < 4.78 is 6.60. The lowest BCUT2D eigenvalue weighted by molar-refractivity contribution is 0.272. The molecule has 1 aromatic carbocycles. The predicted octanol–water partition coefficient (Wildman–Crippen LogP) is 2.55. The summed E-state index contributed by atoms with van der Waals surface area (Å²) in [7, 11) is 0. The van der Waals surface area contributed by atoms with E-state index >= 15 is 0 Å². The molecule has 1 rings (SSSR count). The molecule has 0 fully saturated rings. The second kappa shape index (κ2) is 5.88. The van der Waals surface area contributed by atoms with E-state index in [1.165, 1.54) is 0 Å². The minimum atomic E-state index is -0.448. The van der Waals surface area contributed by atoms with Crippen molar-refractivity contribution >= 4 is 15.9 Å². The average molecular weight is 283 g/mol. The Morgan fingerprint density at radius 2 is 2.25 bits per heavy atom. The number of hydrogen-bond acceptors (Lipinski definition) is 3. The van der Waals surface area contributed by atoms with Crippen LogP contribution in [0.3, 0.4) is 0 Å². The molecule has 0 saturated carbocycles. The minimum absolute atomic E-state index is 0.448. The summed E-state index contributed by atoms with van der Waals surface area (Å²) in [4.78, 5) is 0. The maximum absolute atomic E-state index is 8.75. The molecule has 1 atom stereocenters. The fourth-order valence-electron chi connectivity index (χ4n) is 1.51. The lowest BCUT2D eigenvalue weighted by atomic mass is 10.1. The molecule has 0 radical (unpaired) electrons. The van der Waals surface area contributed by atoms with Gasteiger partial charge in [0.05, 0.1) is 0 Å². The van der Waals surface area contributed by atoms with Crippen LogP contribution in [0.2, 0.25) is 0 Å². The highest BCUT2D eigenvalue weighted by Crippen LogP contribution is 2.29. The summed E-state index contributed by atoms with van der Waals surface area (Å²) in [6.07, 6.45) is 0.296. The molecule has 16 heavy (non-hydrogen) atoms. The van der Waals surface area contributed by atoms with E-state index < -0.39 is 6.10 Å². The SMILES string of the molecule is Cc1cc(Br)cc(CCN)c1OC(C)C#N. The van der Waals surface area contributed by atoms with Crippen molar-refractivity contribution in [1.82, 2.24) is 0 Å². The van der Waals surface area contributed by atoms with Crippen molar-refractivity contribution in [2.45, 2.75) is 26.4 Å². The largest absolute Gasteiger partial charge is 0.475 e. The molecular formula is C12H15BrN2O. The first-order valence-electron chi connectivity index (χ1n) is 5.13. The van der Waals surface area contributed by atoms with Gasteiger partial charge in [-0.2, -0.15) is 5.26 Å². The number of rotatable bonds is 4. The first-order chi connectivity index (χ1) is 7.58. The number of hydrogen-bond donors (Lipinski definition) is 1. The molecule has 1 unspecified atom stereocenters. The first kappa shape index (κ1) is 13.0. The third-order valence-electron chi connectivity index (χ3n) is 2.21. The maximum Gasteiger partial charge on any atom is 0.181 e. The Morgan fingerprint density at radius 3 is 2.81 bits per heavy atom. The summed E-state index contributed by atoms with van der Waals surface area (Å²) in [5.74, 6) is 0.780. The summed E-state index contributed by atoms with van der Waals surface area (Å²) in [6.45, 7) is 4.26. The van der Waals surface area contributed by atoms with E-state index in [0.717, 1.165) is 27.8 Å². The van der Waals surface area contributed by atoms with Crippen LogP contribution in [0, 0.1) is 18.3 Å². The zero-order valence-corrected chi connectivity index (χ0v) is 11.0. The zero-order chi connectivity index (χ0) is 12.1. The van der Waals surface area contributed by atoms with Crippen LogP contribution in [-0.2, 0) is 6.42 Å². The molecule has 0 spiro atoms. The van der Waals surface area contributed by atoms with Crippen molar-refractivity contribution in [1.29, 1.82) is 5.26 Å². The van der Waals surface area contributed by atoms with Gasteiger partial charge >= 0.3 is 0 Å². The molecule has 0 bridgehead atoms. The van der Waals surface area contributed by atoms with Gasteiger partial charge in [-0.15, -0.1) is 0 Å². The van der Waals surface area contributed by atoms with Crippen LogP contribution in [0.25, 0.3) is 0 Å². The van der Waals surface area contributed by atoms with E-state index in [1.54, 1.807) is 6.92 Å². The van der Waals surface area contributed by atoms with E-state index in [0.29, 0.717) is 6.54 Å². The molecule has 0 aliphatic heterocycles. The molecule has 1 aromatic rings. The Kier molecular flexibility index (Phi) is 4.78. The molecule has 0 aromatic heterocycles. The van der Waals surface area contributed by atoms with Crippen molar-refractivity contribution in [2.24, 2.45) is 5.73 Å². The van der Waals surface area contributed by atoms with Gasteiger partial charge in [0.25, 0.3) is 0 Å². The van der Waals surface area contributed by atoms with Crippen molar-refractivity contribution in [2.75, 3.05) is 6.54 Å². The van der Waals surface area contributed by atoms with E-state index in [9.17, 15) is 0 Å². The van der Waals surface area contributed by atoms with E-state index in [4.69, 9.17) is 15.7 Å². The second-order valence-electron chi connectivity index (χ2n) is 3.64. The van der Waals surface area contributed by atoms with Gasteiger partial charge in [0.15, 0.2) is 6.10 Å². The number of benzene rings is 1. The number of nitriles is 1.